The summed E-state index contributed by atoms with van der Waals surface area (Å²) in [5.41, 5.74) is 0.817. The van der Waals surface area contributed by atoms with Gasteiger partial charge in [0.2, 0.25) is 0 Å². The summed E-state index contributed by atoms with van der Waals surface area (Å²) in [5, 5.41) is 18.4. The highest BCUT2D eigenvalue weighted by Crippen LogP contribution is 2.13. The first-order chi connectivity index (χ1) is 7.63. The third kappa shape index (κ3) is 3.90. The molecule has 0 saturated heterocycles. The van der Waals surface area contributed by atoms with Crippen molar-refractivity contribution in [2.24, 2.45) is 0 Å². The molecule has 0 spiro atoms. The van der Waals surface area contributed by atoms with Gasteiger partial charge in [0.15, 0.2) is 0 Å². The molecule has 0 aliphatic carbocycles. The highest BCUT2D eigenvalue weighted by atomic mass is 16.4. The van der Waals surface area contributed by atoms with E-state index in [1.807, 2.05) is 37.3 Å². The van der Waals surface area contributed by atoms with E-state index in [0.717, 1.165) is 5.69 Å². The second kappa shape index (κ2) is 6.12. The standard InChI is InChI=1S/C12H17NO3/c1-2-11(14)8-13(9-12(15)16)10-6-4-3-5-7-10/h3-7,11,14H,2,8-9H2,1H3,(H,15,16). The number of aliphatic hydroxyl groups is 1. The first kappa shape index (κ1) is 12.5. The number of hydrogen-bond acceptors (Lipinski definition) is 3. The molecule has 16 heavy (non-hydrogen) atoms. The highest BCUT2D eigenvalue weighted by molar-refractivity contribution is 5.73. The minimum absolute atomic E-state index is 0.0962. The lowest BCUT2D eigenvalue weighted by Crippen LogP contribution is -2.36. The second-order valence-corrected chi connectivity index (χ2v) is 3.67. The molecule has 2 N–H and O–H groups in total. The second-order valence-electron chi connectivity index (χ2n) is 3.67. The van der Waals surface area contributed by atoms with Crippen LogP contribution in [0, 0.1) is 0 Å². The van der Waals surface area contributed by atoms with E-state index < -0.39 is 12.1 Å². The summed E-state index contributed by atoms with van der Waals surface area (Å²) in [6.45, 7) is 2.11. The zero-order valence-corrected chi connectivity index (χ0v) is 9.34. The van der Waals surface area contributed by atoms with Gasteiger partial charge < -0.3 is 15.1 Å². The first-order valence-electron chi connectivity index (χ1n) is 5.33. The van der Waals surface area contributed by atoms with Crippen molar-refractivity contribution in [1.82, 2.24) is 0 Å². The molecule has 0 saturated carbocycles. The predicted octanol–water partition coefficient (Wildman–Crippen LogP) is 1.35. The van der Waals surface area contributed by atoms with Gasteiger partial charge in [0.05, 0.1) is 6.10 Å². The molecule has 0 fully saturated rings. The molecule has 0 aliphatic rings. The Balaban J connectivity index is 2.75. The van der Waals surface area contributed by atoms with Crippen LogP contribution in [0.4, 0.5) is 5.69 Å². The SMILES string of the molecule is CCC(O)CN(CC(=O)O)c1ccccc1. The molecular weight excluding hydrogens is 206 g/mol. The van der Waals surface area contributed by atoms with Crippen LogP contribution in [0.3, 0.4) is 0 Å². The van der Waals surface area contributed by atoms with Crippen LogP contribution in [0.15, 0.2) is 30.3 Å². The van der Waals surface area contributed by atoms with Gasteiger partial charge in [-0.1, -0.05) is 25.1 Å². The summed E-state index contributed by atoms with van der Waals surface area (Å²) in [4.78, 5) is 12.4. The fourth-order valence-corrected chi connectivity index (χ4v) is 1.45. The lowest BCUT2D eigenvalue weighted by atomic mass is 10.2. The van der Waals surface area contributed by atoms with Crippen molar-refractivity contribution in [2.75, 3.05) is 18.0 Å². The van der Waals surface area contributed by atoms with E-state index in [1.165, 1.54) is 0 Å². The van der Waals surface area contributed by atoms with Crippen LogP contribution < -0.4 is 4.90 Å². The van der Waals surface area contributed by atoms with Gasteiger partial charge in [-0.25, -0.2) is 0 Å². The predicted molar refractivity (Wildman–Crippen MR) is 62.6 cm³/mol. The topological polar surface area (TPSA) is 60.8 Å². The third-order valence-corrected chi connectivity index (χ3v) is 2.35. The van der Waals surface area contributed by atoms with Crippen LogP contribution in [0.1, 0.15) is 13.3 Å². The van der Waals surface area contributed by atoms with Crippen molar-refractivity contribution in [3.8, 4) is 0 Å². The lowest BCUT2D eigenvalue weighted by molar-refractivity contribution is -0.135. The van der Waals surface area contributed by atoms with Crippen molar-refractivity contribution in [2.45, 2.75) is 19.4 Å². The van der Waals surface area contributed by atoms with Crippen molar-refractivity contribution in [3.05, 3.63) is 30.3 Å². The lowest BCUT2D eigenvalue weighted by Gasteiger charge is -2.25. The van der Waals surface area contributed by atoms with Gasteiger partial charge in [-0.3, -0.25) is 4.79 Å². The van der Waals surface area contributed by atoms with Crippen molar-refractivity contribution < 1.29 is 15.0 Å². The number of para-hydroxylation sites is 1. The molecule has 0 heterocycles. The molecule has 4 nitrogen and oxygen atoms in total. The molecule has 4 heteroatoms. The Morgan fingerprint density at radius 2 is 2.00 bits per heavy atom. The third-order valence-electron chi connectivity index (χ3n) is 2.35. The zero-order valence-electron chi connectivity index (χ0n) is 9.34. The van der Waals surface area contributed by atoms with Crippen LogP contribution in [-0.2, 0) is 4.79 Å². The van der Waals surface area contributed by atoms with Crippen LogP contribution in [-0.4, -0.2) is 35.4 Å². The smallest absolute Gasteiger partial charge is 0.323 e. The molecule has 0 amide bonds. The van der Waals surface area contributed by atoms with Gasteiger partial charge in [0.1, 0.15) is 6.54 Å². The van der Waals surface area contributed by atoms with Gasteiger partial charge in [-0.15, -0.1) is 0 Å². The molecule has 1 rings (SSSR count). The Labute approximate surface area is 95.1 Å². The Hall–Kier alpha value is -1.55. The van der Waals surface area contributed by atoms with E-state index in [-0.39, 0.29) is 6.54 Å². The van der Waals surface area contributed by atoms with Crippen LogP contribution in [0.2, 0.25) is 0 Å². The van der Waals surface area contributed by atoms with Crippen molar-refractivity contribution in [1.29, 1.82) is 0 Å². The molecule has 1 aromatic carbocycles. The zero-order chi connectivity index (χ0) is 12.0. The van der Waals surface area contributed by atoms with E-state index in [4.69, 9.17) is 5.11 Å². The fraction of sp³-hybridized carbons (Fsp3) is 0.417. The molecule has 1 atom stereocenters. The number of rotatable bonds is 6. The summed E-state index contributed by atoms with van der Waals surface area (Å²) in [6.07, 6.45) is 0.114. The molecule has 88 valence electrons. The summed E-state index contributed by atoms with van der Waals surface area (Å²) < 4.78 is 0. The Bertz CT molecular complexity index is 326. The number of aliphatic hydroxyl groups excluding tert-OH is 1. The molecule has 0 aromatic heterocycles. The molecule has 0 radical (unpaired) electrons. The number of anilines is 1. The maximum absolute atomic E-state index is 10.7. The van der Waals surface area contributed by atoms with Gasteiger partial charge in [-0.05, 0) is 18.6 Å². The molecule has 1 aromatic rings. The van der Waals surface area contributed by atoms with E-state index in [0.29, 0.717) is 13.0 Å². The number of carboxylic acids is 1. The minimum atomic E-state index is -0.896. The van der Waals surface area contributed by atoms with Gasteiger partial charge in [0.25, 0.3) is 0 Å². The van der Waals surface area contributed by atoms with Crippen LogP contribution in [0.5, 0.6) is 0 Å². The Morgan fingerprint density at radius 3 is 2.50 bits per heavy atom. The average Bonchev–Trinajstić information content (AvgIpc) is 2.28. The van der Waals surface area contributed by atoms with Gasteiger partial charge in [-0.2, -0.15) is 0 Å². The Kier molecular flexibility index (Phi) is 4.79. The van der Waals surface area contributed by atoms with E-state index >= 15 is 0 Å². The number of carboxylic acid groups (broad SMARTS) is 1. The number of carbonyl (C=O) groups is 1. The van der Waals surface area contributed by atoms with E-state index in [1.54, 1.807) is 4.90 Å². The number of benzene rings is 1. The summed E-state index contributed by atoms with van der Waals surface area (Å²) >= 11 is 0. The number of nitrogens with zero attached hydrogens (tertiary/aromatic N) is 1. The van der Waals surface area contributed by atoms with Crippen molar-refractivity contribution >= 4 is 11.7 Å². The monoisotopic (exact) mass is 223 g/mol. The molecule has 0 aliphatic heterocycles. The number of aliphatic carboxylic acids is 1. The normalized spacial score (nSPS) is 12.1. The van der Waals surface area contributed by atoms with E-state index in [2.05, 4.69) is 0 Å². The average molecular weight is 223 g/mol. The summed E-state index contributed by atoms with van der Waals surface area (Å²) in [5.74, 6) is -0.896. The molecule has 1 unspecified atom stereocenters. The summed E-state index contributed by atoms with van der Waals surface area (Å²) in [7, 11) is 0. The van der Waals surface area contributed by atoms with Crippen LogP contribution in [0.25, 0.3) is 0 Å². The Morgan fingerprint density at radius 1 is 1.38 bits per heavy atom. The minimum Gasteiger partial charge on any atom is -0.480 e. The number of hydrogen-bond donors (Lipinski definition) is 2. The maximum Gasteiger partial charge on any atom is 0.323 e. The quantitative estimate of drug-likeness (QED) is 0.764. The summed E-state index contributed by atoms with van der Waals surface area (Å²) in [6, 6.07) is 9.25. The molecule has 0 bridgehead atoms. The first-order valence-corrected chi connectivity index (χ1v) is 5.33. The highest BCUT2D eigenvalue weighted by Gasteiger charge is 2.13. The fourth-order valence-electron chi connectivity index (χ4n) is 1.45. The van der Waals surface area contributed by atoms with Crippen molar-refractivity contribution in [3.63, 3.8) is 0 Å². The molecular formula is C12H17NO3. The largest absolute Gasteiger partial charge is 0.480 e. The van der Waals surface area contributed by atoms with Crippen LogP contribution >= 0.6 is 0 Å². The van der Waals surface area contributed by atoms with E-state index in [9.17, 15) is 9.90 Å². The van der Waals surface area contributed by atoms with Gasteiger partial charge in [0, 0.05) is 12.2 Å². The maximum atomic E-state index is 10.7. The van der Waals surface area contributed by atoms with Gasteiger partial charge >= 0.3 is 5.97 Å².